The highest BCUT2D eigenvalue weighted by molar-refractivity contribution is 7.99. The molecule has 0 amide bonds. The number of rotatable bonds is 8. The number of thioether (sulfide) groups is 1. The van der Waals surface area contributed by atoms with Gasteiger partial charge in [-0.2, -0.15) is 0 Å². The Morgan fingerprint density at radius 1 is 1.26 bits per heavy atom. The molecule has 0 aliphatic carbocycles. The first-order valence-electron chi connectivity index (χ1n) is 6.43. The minimum Gasteiger partial charge on any atom is -0.383 e. The smallest absolute Gasteiger partial charge is 0.298 e. The van der Waals surface area contributed by atoms with Gasteiger partial charge in [0.05, 0.1) is 11.4 Å². The molecule has 0 spiro atoms. The number of benzene rings is 1. The lowest BCUT2D eigenvalue weighted by atomic mass is 10.2. The highest BCUT2D eigenvalue weighted by Crippen LogP contribution is 2.40. The van der Waals surface area contributed by atoms with E-state index in [4.69, 9.17) is 11.0 Å². The second-order valence-electron chi connectivity index (χ2n) is 4.28. The van der Waals surface area contributed by atoms with E-state index in [0.717, 1.165) is 41.4 Å². The van der Waals surface area contributed by atoms with Gasteiger partial charge >= 0.3 is 0 Å². The molecule has 108 valence electrons. The van der Waals surface area contributed by atoms with E-state index in [-0.39, 0.29) is 0 Å². The Morgan fingerprint density at radius 2 is 2.00 bits per heavy atom. The van der Waals surface area contributed by atoms with Crippen LogP contribution in [0, 0.1) is 0 Å². The molecule has 0 bridgehead atoms. The van der Waals surface area contributed by atoms with E-state index in [9.17, 15) is 4.57 Å². The van der Waals surface area contributed by atoms with Crippen molar-refractivity contribution in [3.8, 4) is 0 Å². The van der Waals surface area contributed by atoms with Crippen LogP contribution < -0.4 is 21.4 Å². The summed E-state index contributed by atoms with van der Waals surface area (Å²) in [5, 5.41) is 6.06. The number of anilines is 2. The van der Waals surface area contributed by atoms with Crippen molar-refractivity contribution in [3.63, 3.8) is 0 Å². The van der Waals surface area contributed by atoms with Crippen LogP contribution in [-0.4, -0.2) is 12.3 Å². The number of hydrogen-bond acceptors (Lipinski definition) is 3. The van der Waals surface area contributed by atoms with Crippen LogP contribution >= 0.6 is 19.4 Å². The highest BCUT2D eigenvalue weighted by atomic mass is 32.2. The molecule has 19 heavy (non-hydrogen) atoms. The first-order chi connectivity index (χ1) is 8.98. The van der Waals surface area contributed by atoms with E-state index in [1.165, 1.54) is 0 Å². The Balaban J connectivity index is 3.04. The van der Waals surface area contributed by atoms with E-state index in [0.29, 0.717) is 0 Å². The summed E-state index contributed by atoms with van der Waals surface area (Å²) in [4.78, 5) is 1.01. The second-order valence-corrected chi connectivity index (χ2v) is 7.05. The lowest BCUT2D eigenvalue weighted by Gasteiger charge is -2.19. The lowest BCUT2D eigenvalue weighted by molar-refractivity contribution is 0.580. The summed E-state index contributed by atoms with van der Waals surface area (Å²) < 4.78 is 11.6. The van der Waals surface area contributed by atoms with Crippen molar-refractivity contribution in [2.24, 2.45) is 11.0 Å². The van der Waals surface area contributed by atoms with Gasteiger partial charge in [-0.15, -0.1) is 11.8 Å². The van der Waals surface area contributed by atoms with Crippen LogP contribution in [-0.2, 0) is 4.57 Å². The lowest BCUT2D eigenvalue weighted by Crippen LogP contribution is -2.15. The zero-order valence-corrected chi connectivity index (χ0v) is 13.2. The molecule has 0 heterocycles. The summed E-state index contributed by atoms with van der Waals surface area (Å²) in [7, 11) is -3.31. The largest absolute Gasteiger partial charge is 0.383 e. The Hall–Kier alpha value is -0.680. The molecule has 6 N–H and O–H groups in total. The maximum Gasteiger partial charge on any atom is 0.298 e. The summed E-state index contributed by atoms with van der Waals surface area (Å²) in [5.74, 6) is 0.991. The summed E-state index contributed by atoms with van der Waals surface area (Å²) in [5.41, 5.74) is 12.5. The van der Waals surface area contributed by atoms with Crippen molar-refractivity contribution < 1.29 is 4.57 Å². The fraction of sp³-hybridized carbons (Fsp3) is 0.500. The van der Waals surface area contributed by atoms with E-state index < -0.39 is 7.59 Å². The van der Waals surface area contributed by atoms with Gasteiger partial charge in [-0.1, -0.05) is 19.9 Å². The Morgan fingerprint density at radius 3 is 2.58 bits per heavy atom. The summed E-state index contributed by atoms with van der Waals surface area (Å²) in [6, 6.07) is 5.89. The van der Waals surface area contributed by atoms with Crippen LogP contribution in [0.4, 0.5) is 11.4 Å². The van der Waals surface area contributed by atoms with Crippen LogP contribution in [0.2, 0.25) is 0 Å². The standard InChI is InChI=1S/C12H23N4OPS/c1-3-8-15-10-6-5-7-11(19-9-4-2)12(10)16-18(13,14)17/h5-7,15H,3-4,8-9H2,1-2H3,(H5,13,14,16,17). The van der Waals surface area contributed by atoms with Gasteiger partial charge in [0.25, 0.3) is 7.59 Å². The molecule has 0 saturated carbocycles. The molecule has 1 aromatic carbocycles. The van der Waals surface area contributed by atoms with E-state index in [1.54, 1.807) is 11.8 Å². The van der Waals surface area contributed by atoms with Gasteiger partial charge in [0.15, 0.2) is 0 Å². The third kappa shape index (κ3) is 5.87. The first-order valence-corrected chi connectivity index (χ1v) is 9.26. The molecule has 0 aliphatic heterocycles. The van der Waals surface area contributed by atoms with Gasteiger partial charge in [-0.25, -0.2) is 0 Å². The topological polar surface area (TPSA) is 93.2 Å². The quantitative estimate of drug-likeness (QED) is 0.434. The van der Waals surface area contributed by atoms with Crippen LogP contribution in [0.5, 0.6) is 0 Å². The van der Waals surface area contributed by atoms with Crippen molar-refractivity contribution in [3.05, 3.63) is 18.2 Å². The Kier molecular flexibility index (Phi) is 6.72. The summed E-state index contributed by atoms with van der Waals surface area (Å²) >= 11 is 1.70. The molecule has 0 aliphatic rings. The van der Waals surface area contributed by atoms with Crippen molar-refractivity contribution in [2.45, 2.75) is 31.6 Å². The summed E-state index contributed by atoms with van der Waals surface area (Å²) in [6.45, 7) is 5.05. The molecule has 1 aromatic rings. The molecule has 0 atom stereocenters. The Bertz CT molecular complexity index is 423. The minimum atomic E-state index is -3.31. The third-order valence-corrected chi connectivity index (χ3v) is 4.18. The number of nitrogens with one attached hydrogen (secondary N) is 2. The molecule has 0 aromatic heterocycles. The Labute approximate surface area is 119 Å². The van der Waals surface area contributed by atoms with Crippen LogP contribution in [0.1, 0.15) is 26.7 Å². The minimum absolute atomic E-state index is 0.739. The van der Waals surface area contributed by atoms with E-state index >= 15 is 0 Å². The van der Waals surface area contributed by atoms with Gasteiger partial charge in [0.1, 0.15) is 0 Å². The van der Waals surface area contributed by atoms with Crippen LogP contribution in [0.15, 0.2) is 23.1 Å². The summed E-state index contributed by atoms with van der Waals surface area (Å²) in [6.07, 6.45) is 2.08. The van der Waals surface area contributed by atoms with Crippen molar-refractivity contribution in [1.82, 2.24) is 0 Å². The van der Waals surface area contributed by atoms with Gasteiger partial charge < -0.3 is 10.4 Å². The first kappa shape index (κ1) is 16.4. The van der Waals surface area contributed by atoms with Gasteiger partial charge in [0.2, 0.25) is 0 Å². The average molecular weight is 302 g/mol. The average Bonchev–Trinajstić information content (AvgIpc) is 2.34. The van der Waals surface area contributed by atoms with Crippen molar-refractivity contribution in [1.29, 1.82) is 0 Å². The van der Waals surface area contributed by atoms with E-state index in [2.05, 4.69) is 24.3 Å². The molecule has 1 rings (SSSR count). The SMILES string of the molecule is CCCNc1cccc(SCCC)c1NP(N)(N)=O. The fourth-order valence-corrected chi connectivity index (χ4v) is 3.13. The molecular formula is C12H23N4OPS. The van der Waals surface area contributed by atoms with E-state index in [1.807, 2.05) is 18.2 Å². The molecule has 0 radical (unpaired) electrons. The maximum absolute atomic E-state index is 11.6. The number of hydrogen-bond donors (Lipinski definition) is 4. The normalized spacial score (nSPS) is 11.4. The predicted octanol–water partition coefficient (Wildman–Crippen LogP) is 3.45. The highest BCUT2D eigenvalue weighted by Gasteiger charge is 2.15. The molecule has 0 unspecified atom stereocenters. The number of nitrogens with two attached hydrogens (primary N) is 2. The number of para-hydroxylation sites is 1. The van der Waals surface area contributed by atoms with Crippen molar-refractivity contribution in [2.75, 3.05) is 22.7 Å². The fourth-order valence-electron chi connectivity index (χ4n) is 1.56. The molecule has 0 fully saturated rings. The van der Waals surface area contributed by atoms with Gasteiger partial charge in [0, 0.05) is 11.4 Å². The maximum atomic E-state index is 11.6. The van der Waals surface area contributed by atoms with Gasteiger partial charge in [-0.3, -0.25) is 15.6 Å². The second kappa shape index (κ2) is 7.80. The third-order valence-electron chi connectivity index (χ3n) is 2.34. The van der Waals surface area contributed by atoms with Crippen LogP contribution in [0.25, 0.3) is 0 Å². The zero-order chi connectivity index (χ0) is 14.3. The van der Waals surface area contributed by atoms with Crippen LogP contribution in [0.3, 0.4) is 0 Å². The molecule has 5 nitrogen and oxygen atoms in total. The molecule has 0 saturated heterocycles. The monoisotopic (exact) mass is 302 g/mol. The molecular weight excluding hydrogens is 279 g/mol. The van der Waals surface area contributed by atoms with Gasteiger partial charge in [-0.05, 0) is 30.7 Å². The predicted molar refractivity (Wildman–Crippen MR) is 85.8 cm³/mol. The molecule has 7 heteroatoms. The van der Waals surface area contributed by atoms with Crippen molar-refractivity contribution >= 4 is 30.7 Å². The zero-order valence-electron chi connectivity index (χ0n) is 11.5.